The fourth-order valence-corrected chi connectivity index (χ4v) is 3.76. The van der Waals surface area contributed by atoms with Gasteiger partial charge < -0.3 is 4.90 Å². The molecule has 0 saturated carbocycles. The van der Waals surface area contributed by atoms with Crippen molar-refractivity contribution >= 4 is 34.7 Å². The SMILES string of the molecule is O=C1C(c2ccc(Cl)cc2)=C(N2CCCCC2)C(=O)N1c1ccc(F)cc1. The number of carbonyl (C=O) groups excluding carboxylic acids is 2. The molecule has 2 heterocycles. The topological polar surface area (TPSA) is 40.6 Å². The van der Waals surface area contributed by atoms with Crippen LogP contribution in [0.4, 0.5) is 10.1 Å². The number of piperidine rings is 1. The molecule has 2 aromatic rings. The van der Waals surface area contributed by atoms with Crippen molar-refractivity contribution in [2.75, 3.05) is 18.0 Å². The molecular weight excluding hydrogens is 367 g/mol. The molecule has 2 aliphatic heterocycles. The zero-order valence-corrected chi connectivity index (χ0v) is 15.4. The summed E-state index contributed by atoms with van der Waals surface area (Å²) >= 11 is 5.98. The summed E-state index contributed by atoms with van der Waals surface area (Å²) in [6.45, 7) is 1.48. The number of nitrogens with zero attached hydrogens (tertiary/aromatic N) is 2. The van der Waals surface area contributed by atoms with E-state index in [0.29, 0.717) is 27.5 Å². The molecule has 2 amide bonds. The van der Waals surface area contributed by atoms with Crippen molar-refractivity contribution in [3.63, 3.8) is 0 Å². The number of hydrogen-bond donors (Lipinski definition) is 0. The van der Waals surface area contributed by atoms with Gasteiger partial charge in [0.1, 0.15) is 11.5 Å². The molecule has 27 heavy (non-hydrogen) atoms. The molecule has 1 fully saturated rings. The average Bonchev–Trinajstić information content (AvgIpc) is 2.94. The Balaban J connectivity index is 1.81. The van der Waals surface area contributed by atoms with Crippen LogP contribution in [-0.2, 0) is 9.59 Å². The van der Waals surface area contributed by atoms with Gasteiger partial charge in [-0.05, 0) is 61.2 Å². The largest absolute Gasteiger partial charge is 0.366 e. The third-order valence-corrected chi connectivity index (χ3v) is 5.20. The van der Waals surface area contributed by atoms with E-state index in [-0.39, 0.29) is 5.91 Å². The molecule has 2 aliphatic rings. The number of anilines is 1. The maximum Gasteiger partial charge on any atom is 0.282 e. The first-order chi connectivity index (χ1) is 13.1. The van der Waals surface area contributed by atoms with Crippen molar-refractivity contribution in [3.8, 4) is 0 Å². The van der Waals surface area contributed by atoms with Crippen LogP contribution >= 0.6 is 11.6 Å². The number of imide groups is 1. The van der Waals surface area contributed by atoms with Gasteiger partial charge in [-0.2, -0.15) is 0 Å². The molecule has 1 saturated heterocycles. The van der Waals surface area contributed by atoms with Crippen molar-refractivity contribution in [2.45, 2.75) is 19.3 Å². The molecule has 6 heteroatoms. The van der Waals surface area contributed by atoms with Gasteiger partial charge in [-0.25, -0.2) is 9.29 Å². The van der Waals surface area contributed by atoms with Crippen LogP contribution in [-0.4, -0.2) is 29.8 Å². The van der Waals surface area contributed by atoms with Gasteiger partial charge in [-0.15, -0.1) is 0 Å². The van der Waals surface area contributed by atoms with Gasteiger partial charge in [0.25, 0.3) is 11.8 Å². The summed E-state index contributed by atoms with van der Waals surface area (Å²) in [5.74, 6) is -1.17. The lowest BCUT2D eigenvalue weighted by Gasteiger charge is -2.29. The van der Waals surface area contributed by atoms with Crippen LogP contribution in [0.15, 0.2) is 54.2 Å². The predicted molar refractivity (Wildman–Crippen MR) is 103 cm³/mol. The number of amides is 2. The first kappa shape index (κ1) is 17.7. The Morgan fingerprint density at radius 1 is 0.815 bits per heavy atom. The van der Waals surface area contributed by atoms with E-state index < -0.39 is 11.7 Å². The minimum absolute atomic E-state index is 0.363. The second kappa shape index (κ2) is 7.16. The van der Waals surface area contributed by atoms with Crippen LogP contribution in [0.1, 0.15) is 24.8 Å². The molecule has 0 unspecified atom stereocenters. The molecule has 138 valence electrons. The Bertz CT molecular complexity index is 916. The van der Waals surface area contributed by atoms with Crippen LogP contribution in [0, 0.1) is 5.82 Å². The highest BCUT2D eigenvalue weighted by Gasteiger charge is 2.42. The summed E-state index contributed by atoms with van der Waals surface area (Å²) in [6.07, 6.45) is 3.08. The summed E-state index contributed by atoms with van der Waals surface area (Å²) in [4.78, 5) is 29.6. The van der Waals surface area contributed by atoms with Gasteiger partial charge in [-0.1, -0.05) is 23.7 Å². The van der Waals surface area contributed by atoms with Crippen molar-refractivity contribution in [3.05, 3.63) is 70.6 Å². The molecule has 0 aliphatic carbocycles. The molecular formula is C21H18ClFN2O2. The van der Waals surface area contributed by atoms with E-state index in [4.69, 9.17) is 11.6 Å². The third-order valence-electron chi connectivity index (χ3n) is 4.95. The maximum atomic E-state index is 13.3. The van der Waals surface area contributed by atoms with Gasteiger partial charge >= 0.3 is 0 Å². The lowest BCUT2D eigenvalue weighted by Crippen LogP contribution is -2.37. The minimum atomic E-state index is -0.417. The summed E-state index contributed by atoms with van der Waals surface area (Å²) in [5.41, 5.74) is 1.82. The summed E-state index contributed by atoms with van der Waals surface area (Å²) in [7, 11) is 0. The van der Waals surface area contributed by atoms with Gasteiger partial charge in [0.2, 0.25) is 0 Å². The highest BCUT2D eigenvalue weighted by Crippen LogP contribution is 2.36. The standard InChI is InChI=1S/C21H18ClFN2O2/c22-15-6-4-14(5-7-15)18-19(24-12-2-1-3-13-24)21(27)25(20(18)26)17-10-8-16(23)9-11-17/h4-11H,1-3,12-13H2. The van der Waals surface area contributed by atoms with Crippen molar-refractivity contribution < 1.29 is 14.0 Å². The molecule has 0 radical (unpaired) electrons. The number of likely N-dealkylation sites (tertiary alicyclic amines) is 1. The lowest BCUT2D eigenvalue weighted by atomic mass is 10.0. The van der Waals surface area contributed by atoms with E-state index in [0.717, 1.165) is 37.3 Å². The van der Waals surface area contributed by atoms with Crippen LogP contribution in [0.25, 0.3) is 5.57 Å². The highest BCUT2D eigenvalue weighted by molar-refractivity contribution is 6.45. The van der Waals surface area contributed by atoms with E-state index in [1.807, 2.05) is 4.90 Å². The first-order valence-corrected chi connectivity index (χ1v) is 9.33. The van der Waals surface area contributed by atoms with Crippen LogP contribution < -0.4 is 4.90 Å². The van der Waals surface area contributed by atoms with E-state index in [9.17, 15) is 14.0 Å². The monoisotopic (exact) mass is 384 g/mol. The van der Waals surface area contributed by atoms with Gasteiger partial charge in [-0.3, -0.25) is 9.59 Å². The average molecular weight is 385 g/mol. The Labute approximate surface area is 161 Å². The van der Waals surface area contributed by atoms with Crippen LogP contribution in [0.3, 0.4) is 0 Å². The quantitative estimate of drug-likeness (QED) is 0.743. The van der Waals surface area contributed by atoms with Crippen molar-refractivity contribution in [1.82, 2.24) is 4.90 Å². The van der Waals surface area contributed by atoms with E-state index in [1.54, 1.807) is 24.3 Å². The summed E-state index contributed by atoms with van der Waals surface area (Å²) < 4.78 is 13.3. The third kappa shape index (κ3) is 3.23. The van der Waals surface area contributed by atoms with E-state index in [2.05, 4.69) is 0 Å². The van der Waals surface area contributed by atoms with E-state index in [1.165, 1.54) is 24.3 Å². The molecule has 4 rings (SSSR count). The van der Waals surface area contributed by atoms with Crippen molar-refractivity contribution in [2.24, 2.45) is 0 Å². The Kier molecular flexibility index (Phi) is 4.70. The van der Waals surface area contributed by atoms with Gasteiger partial charge in [0, 0.05) is 18.1 Å². The Hall–Kier alpha value is -2.66. The van der Waals surface area contributed by atoms with Crippen LogP contribution in [0.2, 0.25) is 5.02 Å². The normalized spacial score (nSPS) is 17.9. The second-order valence-electron chi connectivity index (χ2n) is 6.70. The Morgan fingerprint density at radius 2 is 1.44 bits per heavy atom. The first-order valence-electron chi connectivity index (χ1n) is 8.96. The maximum absolute atomic E-state index is 13.3. The fourth-order valence-electron chi connectivity index (χ4n) is 3.63. The number of benzene rings is 2. The zero-order chi connectivity index (χ0) is 19.0. The summed E-state index contributed by atoms with van der Waals surface area (Å²) in [6, 6.07) is 12.3. The van der Waals surface area contributed by atoms with Gasteiger partial charge in [0.15, 0.2) is 0 Å². The molecule has 2 aromatic carbocycles. The lowest BCUT2D eigenvalue weighted by molar-refractivity contribution is -0.120. The molecule has 0 aromatic heterocycles. The van der Waals surface area contributed by atoms with E-state index >= 15 is 0 Å². The number of hydrogen-bond acceptors (Lipinski definition) is 3. The highest BCUT2D eigenvalue weighted by atomic mass is 35.5. The predicted octanol–water partition coefficient (Wildman–Crippen LogP) is 4.25. The Morgan fingerprint density at radius 3 is 2.07 bits per heavy atom. The molecule has 4 nitrogen and oxygen atoms in total. The van der Waals surface area contributed by atoms with Crippen molar-refractivity contribution in [1.29, 1.82) is 0 Å². The smallest absolute Gasteiger partial charge is 0.282 e. The number of carbonyl (C=O) groups is 2. The molecule has 0 bridgehead atoms. The number of rotatable bonds is 3. The zero-order valence-electron chi connectivity index (χ0n) is 14.6. The summed E-state index contributed by atoms with van der Waals surface area (Å²) in [5, 5.41) is 0.561. The number of halogens is 2. The molecule has 0 atom stereocenters. The second-order valence-corrected chi connectivity index (χ2v) is 7.14. The molecule has 0 N–H and O–H groups in total. The fraction of sp³-hybridized carbons (Fsp3) is 0.238. The minimum Gasteiger partial charge on any atom is -0.366 e. The van der Waals surface area contributed by atoms with Crippen LogP contribution in [0.5, 0.6) is 0 Å². The molecule has 0 spiro atoms. The van der Waals surface area contributed by atoms with Gasteiger partial charge in [0.05, 0.1) is 11.3 Å².